The monoisotopic (exact) mass is 324 g/mol. The summed E-state index contributed by atoms with van der Waals surface area (Å²) >= 11 is 0. The molecule has 2 rings (SSSR count). The molecule has 0 spiro atoms. The molecule has 0 aromatic heterocycles. The van der Waals surface area contributed by atoms with Crippen molar-refractivity contribution in [1.29, 1.82) is 0 Å². The topological polar surface area (TPSA) is 40.6 Å². The maximum atomic E-state index is 12.8. The molecule has 1 fully saturated rings. The molecular weight excluding hydrogens is 296 g/mol. The summed E-state index contributed by atoms with van der Waals surface area (Å²) in [5, 5.41) is 0. The van der Waals surface area contributed by atoms with Gasteiger partial charge in [-0.2, -0.15) is 4.31 Å². The Hall–Kier alpha value is -0.910. The Balaban J connectivity index is 2.12. The molecule has 4 nitrogen and oxygen atoms in total. The molecular formula is C17H28N2O2S. The third-order valence-electron chi connectivity index (χ3n) is 4.74. The Bertz CT molecular complexity index is 573. The molecule has 0 atom stereocenters. The minimum Gasteiger partial charge on any atom is -0.303 e. The van der Waals surface area contributed by atoms with E-state index in [1.54, 1.807) is 23.5 Å². The van der Waals surface area contributed by atoms with Crippen LogP contribution in [0.2, 0.25) is 0 Å². The quantitative estimate of drug-likeness (QED) is 0.836. The zero-order chi connectivity index (χ0) is 16.3. The number of sulfonamides is 1. The highest BCUT2D eigenvalue weighted by Crippen LogP contribution is 2.24. The molecule has 1 heterocycles. The van der Waals surface area contributed by atoms with Crippen LogP contribution in [-0.2, 0) is 10.0 Å². The highest BCUT2D eigenvalue weighted by atomic mass is 32.2. The van der Waals surface area contributed by atoms with Crippen molar-refractivity contribution in [2.75, 3.05) is 26.7 Å². The van der Waals surface area contributed by atoms with Gasteiger partial charge in [-0.15, -0.1) is 0 Å². The van der Waals surface area contributed by atoms with E-state index in [0.717, 1.165) is 38.0 Å². The highest BCUT2D eigenvalue weighted by Gasteiger charge is 2.30. The Morgan fingerprint density at radius 2 is 1.73 bits per heavy atom. The van der Waals surface area contributed by atoms with E-state index in [1.807, 2.05) is 12.1 Å². The van der Waals surface area contributed by atoms with Crippen LogP contribution in [0.1, 0.15) is 45.1 Å². The van der Waals surface area contributed by atoms with E-state index in [-0.39, 0.29) is 6.04 Å². The van der Waals surface area contributed by atoms with Crippen molar-refractivity contribution in [1.82, 2.24) is 9.21 Å². The first-order chi connectivity index (χ1) is 10.4. The minimum absolute atomic E-state index is 0.109. The zero-order valence-corrected chi connectivity index (χ0v) is 14.9. The van der Waals surface area contributed by atoms with Crippen molar-refractivity contribution in [2.24, 2.45) is 0 Å². The van der Waals surface area contributed by atoms with Crippen molar-refractivity contribution >= 4 is 10.0 Å². The Kier molecular flexibility index (Phi) is 5.64. The largest absolute Gasteiger partial charge is 0.303 e. The van der Waals surface area contributed by atoms with Crippen molar-refractivity contribution in [3.63, 3.8) is 0 Å². The molecule has 0 bridgehead atoms. The predicted molar refractivity (Wildman–Crippen MR) is 90.6 cm³/mol. The van der Waals surface area contributed by atoms with Gasteiger partial charge < -0.3 is 4.90 Å². The number of piperidine rings is 1. The van der Waals surface area contributed by atoms with Crippen LogP contribution in [0.4, 0.5) is 0 Å². The van der Waals surface area contributed by atoms with Gasteiger partial charge in [0.25, 0.3) is 0 Å². The molecule has 0 unspecified atom stereocenters. The van der Waals surface area contributed by atoms with Gasteiger partial charge in [0, 0.05) is 13.1 Å². The molecule has 1 aliphatic rings. The standard InChI is InChI=1S/C17H28N2O2S/c1-5-19-12-10-16(11-13-19)18(4)22(20,21)17-8-6-15(7-9-17)14(2)3/h6-9,14,16H,5,10-13H2,1-4H3. The zero-order valence-electron chi connectivity index (χ0n) is 14.1. The summed E-state index contributed by atoms with van der Waals surface area (Å²) in [6.45, 7) is 9.37. The fraction of sp³-hybridized carbons (Fsp3) is 0.647. The van der Waals surface area contributed by atoms with Crippen LogP contribution in [0.15, 0.2) is 29.2 Å². The third-order valence-corrected chi connectivity index (χ3v) is 6.67. The number of rotatable bonds is 5. The summed E-state index contributed by atoms with van der Waals surface area (Å²) in [7, 11) is -1.67. The smallest absolute Gasteiger partial charge is 0.243 e. The van der Waals surface area contributed by atoms with Gasteiger partial charge in [0.1, 0.15) is 0 Å². The SMILES string of the molecule is CCN1CCC(N(C)S(=O)(=O)c2ccc(C(C)C)cc2)CC1. The normalized spacial score (nSPS) is 18.3. The van der Waals surface area contributed by atoms with Crippen LogP contribution in [0.25, 0.3) is 0 Å². The highest BCUT2D eigenvalue weighted by molar-refractivity contribution is 7.89. The average Bonchev–Trinajstić information content (AvgIpc) is 2.54. The number of nitrogens with zero attached hydrogens (tertiary/aromatic N) is 2. The summed E-state index contributed by atoms with van der Waals surface area (Å²) < 4.78 is 27.1. The van der Waals surface area contributed by atoms with E-state index in [4.69, 9.17) is 0 Å². The van der Waals surface area contributed by atoms with Crippen molar-refractivity contribution in [2.45, 2.75) is 50.5 Å². The molecule has 5 heteroatoms. The lowest BCUT2D eigenvalue weighted by atomic mass is 10.0. The van der Waals surface area contributed by atoms with E-state index in [0.29, 0.717) is 10.8 Å². The second-order valence-electron chi connectivity index (χ2n) is 6.41. The number of benzene rings is 1. The Labute approximate surface area is 135 Å². The van der Waals surface area contributed by atoms with Crippen LogP contribution in [-0.4, -0.2) is 50.3 Å². The predicted octanol–water partition coefficient (Wildman–Crippen LogP) is 2.91. The fourth-order valence-electron chi connectivity index (χ4n) is 2.99. The van der Waals surface area contributed by atoms with Crippen LogP contribution in [0.3, 0.4) is 0 Å². The summed E-state index contributed by atoms with van der Waals surface area (Å²) in [6, 6.07) is 7.43. The second kappa shape index (κ2) is 7.11. The van der Waals surface area contributed by atoms with Gasteiger partial charge in [-0.05, 0) is 56.1 Å². The molecule has 1 aliphatic heterocycles. The molecule has 0 radical (unpaired) electrons. The lowest BCUT2D eigenvalue weighted by Crippen LogP contribution is -2.45. The summed E-state index contributed by atoms with van der Waals surface area (Å²) in [5.41, 5.74) is 1.16. The molecule has 1 aromatic rings. The Morgan fingerprint density at radius 1 is 1.18 bits per heavy atom. The minimum atomic E-state index is -3.39. The molecule has 0 saturated carbocycles. The first-order valence-electron chi connectivity index (χ1n) is 8.16. The van der Waals surface area contributed by atoms with Crippen LogP contribution >= 0.6 is 0 Å². The van der Waals surface area contributed by atoms with Gasteiger partial charge in [-0.1, -0.05) is 32.9 Å². The number of hydrogen-bond donors (Lipinski definition) is 0. The van der Waals surface area contributed by atoms with E-state index >= 15 is 0 Å². The third kappa shape index (κ3) is 3.70. The summed E-state index contributed by atoms with van der Waals surface area (Å²) in [4.78, 5) is 2.77. The molecule has 22 heavy (non-hydrogen) atoms. The summed E-state index contributed by atoms with van der Waals surface area (Å²) in [5.74, 6) is 0.410. The van der Waals surface area contributed by atoms with Gasteiger partial charge in [0.2, 0.25) is 10.0 Å². The number of likely N-dealkylation sites (tertiary alicyclic amines) is 1. The van der Waals surface area contributed by atoms with Gasteiger partial charge in [-0.3, -0.25) is 0 Å². The molecule has 1 aromatic carbocycles. The number of hydrogen-bond acceptors (Lipinski definition) is 3. The lowest BCUT2D eigenvalue weighted by Gasteiger charge is -2.35. The van der Waals surface area contributed by atoms with Gasteiger partial charge in [-0.25, -0.2) is 8.42 Å². The van der Waals surface area contributed by atoms with Crippen molar-refractivity contribution < 1.29 is 8.42 Å². The van der Waals surface area contributed by atoms with Gasteiger partial charge in [0.05, 0.1) is 4.90 Å². The maximum Gasteiger partial charge on any atom is 0.243 e. The van der Waals surface area contributed by atoms with Crippen LogP contribution in [0.5, 0.6) is 0 Å². The first-order valence-corrected chi connectivity index (χ1v) is 9.60. The van der Waals surface area contributed by atoms with Gasteiger partial charge in [0.15, 0.2) is 0 Å². The van der Waals surface area contributed by atoms with Crippen LogP contribution in [0, 0.1) is 0 Å². The van der Waals surface area contributed by atoms with Crippen molar-refractivity contribution in [3.05, 3.63) is 29.8 Å². The summed E-state index contributed by atoms with van der Waals surface area (Å²) in [6.07, 6.45) is 1.82. The fourth-order valence-corrected chi connectivity index (χ4v) is 4.40. The maximum absolute atomic E-state index is 12.8. The van der Waals surface area contributed by atoms with Crippen LogP contribution < -0.4 is 0 Å². The van der Waals surface area contributed by atoms with E-state index < -0.39 is 10.0 Å². The van der Waals surface area contributed by atoms with E-state index in [1.165, 1.54) is 0 Å². The van der Waals surface area contributed by atoms with E-state index in [9.17, 15) is 8.42 Å². The Morgan fingerprint density at radius 3 is 2.18 bits per heavy atom. The molecule has 124 valence electrons. The van der Waals surface area contributed by atoms with Crippen molar-refractivity contribution in [3.8, 4) is 0 Å². The molecule has 1 saturated heterocycles. The molecule has 0 aliphatic carbocycles. The lowest BCUT2D eigenvalue weighted by molar-refractivity contribution is 0.176. The molecule has 0 amide bonds. The van der Waals surface area contributed by atoms with Gasteiger partial charge >= 0.3 is 0 Å². The van der Waals surface area contributed by atoms with E-state index in [2.05, 4.69) is 25.7 Å². The average molecular weight is 324 g/mol. The molecule has 0 N–H and O–H groups in total. The second-order valence-corrected chi connectivity index (χ2v) is 8.41. The first kappa shape index (κ1) is 17.4.